The highest BCUT2D eigenvalue weighted by molar-refractivity contribution is 7.80. The van der Waals surface area contributed by atoms with E-state index in [1.807, 2.05) is 44.3 Å². The Balaban J connectivity index is 1.66. The van der Waals surface area contributed by atoms with E-state index >= 15 is 0 Å². The molecule has 0 atom stereocenters. The molecule has 0 aliphatic carbocycles. The number of nitrogens with zero attached hydrogens (tertiary/aromatic N) is 2. The Bertz CT molecular complexity index is 932. The normalized spacial score (nSPS) is 10.6. The number of benzene rings is 2. The largest absolute Gasteiger partial charge is 0.332 e. The minimum atomic E-state index is 0.483. The van der Waals surface area contributed by atoms with Gasteiger partial charge in [0.1, 0.15) is 0 Å². The fourth-order valence-corrected chi connectivity index (χ4v) is 3.23. The third-order valence-electron chi connectivity index (χ3n) is 3.91. The zero-order valence-electron chi connectivity index (χ0n) is 14.4. The van der Waals surface area contributed by atoms with Gasteiger partial charge in [0.05, 0.1) is 6.54 Å². The molecule has 0 spiro atoms. The Labute approximate surface area is 168 Å². The fourth-order valence-electron chi connectivity index (χ4n) is 2.50. The molecule has 1 aromatic heterocycles. The minimum Gasteiger partial charge on any atom is -0.332 e. The average Bonchev–Trinajstić information content (AvgIpc) is 3.01. The maximum atomic E-state index is 6.22. The van der Waals surface area contributed by atoms with Crippen LogP contribution < -0.4 is 10.6 Å². The number of aromatic nitrogens is 2. The van der Waals surface area contributed by atoms with Crippen LogP contribution in [0.1, 0.15) is 16.7 Å². The van der Waals surface area contributed by atoms with E-state index in [0.29, 0.717) is 27.5 Å². The predicted octanol–water partition coefficient (Wildman–Crippen LogP) is 5.66. The summed E-state index contributed by atoms with van der Waals surface area (Å²) in [5.74, 6) is 0.649. The Morgan fingerprint density at radius 3 is 2.54 bits per heavy atom. The van der Waals surface area contributed by atoms with Gasteiger partial charge in [-0.3, -0.25) is 4.68 Å². The number of anilines is 2. The standard InChI is InChI=1S/C19H18Cl2N4S/c1-12-6-7-13(2)17(10-12)22-19(26)23-18-8-9-25(24-18)11-14-15(20)4-3-5-16(14)21/h3-10H,11H2,1-2H3,(H2,22,23,24,26). The van der Waals surface area contributed by atoms with E-state index in [1.54, 1.807) is 4.68 Å². The van der Waals surface area contributed by atoms with E-state index in [1.165, 1.54) is 5.56 Å². The first-order valence-electron chi connectivity index (χ1n) is 8.04. The minimum absolute atomic E-state index is 0.483. The smallest absolute Gasteiger partial charge is 0.176 e. The van der Waals surface area contributed by atoms with Crippen molar-refractivity contribution >= 4 is 52.0 Å². The number of nitrogens with one attached hydrogen (secondary N) is 2. The van der Waals surface area contributed by atoms with Gasteiger partial charge in [-0.25, -0.2) is 0 Å². The van der Waals surface area contributed by atoms with Crippen LogP contribution in [-0.4, -0.2) is 14.9 Å². The number of halogens is 2. The van der Waals surface area contributed by atoms with E-state index < -0.39 is 0 Å². The lowest BCUT2D eigenvalue weighted by Crippen LogP contribution is -2.20. The van der Waals surface area contributed by atoms with Crippen LogP contribution in [0.3, 0.4) is 0 Å². The van der Waals surface area contributed by atoms with Crippen LogP contribution in [0.5, 0.6) is 0 Å². The number of hydrogen-bond donors (Lipinski definition) is 2. The Hall–Kier alpha value is -2.08. The molecule has 4 nitrogen and oxygen atoms in total. The molecule has 0 saturated carbocycles. The van der Waals surface area contributed by atoms with Crippen LogP contribution in [0, 0.1) is 13.8 Å². The van der Waals surface area contributed by atoms with Crippen molar-refractivity contribution in [3.05, 3.63) is 75.4 Å². The van der Waals surface area contributed by atoms with Crippen molar-refractivity contribution in [1.82, 2.24) is 9.78 Å². The SMILES string of the molecule is Cc1ccc(C)c(NC(=S)Nc2ccn(Cc3c(Cl)cccc3Cl)n2)c1. The van der Waals surface area contributed by atoms with Gasteiger partial charge in [-0.05, 0) is 55.4 Å². The van der Waals surface area contributed by atoms with Crippen LogP contribution in [0.4, 0.5) is 11.5 Å². The summed E-state index contributed by atoms with van der Waals surface area (Å²) in [5, 5.41) is 12.5. The topological polar surface area (TPSA) is 41.9 Å². The highest BCUT2D eigenvalue weighted by Gasteiger charge is 2.08. The van der Waals surface area contributed by atoms with Crippen molar-refractivity contribution in [3.63, 3.8) is 0 Å². The first-order valence-corrected chi connectivity index (χ1v) is 9.20. The molecule has 0 aliphatic heterocycles. The Kier molecular flexibility index (Phi) is 5.81. The first-order chi connectivity index (χ1) is 12.4. The van der Waals surface area contributed by atoms with Gasteiger partial charge in [-0.15, -0.1) is 0 Å². The molecular formula is C19H18Cl2N4S. The van der Waals surface area contributed by atoms with Gasteiger partial charge in [-0.1, -0.05) is 41.4 Å². The summed E-state index contributed by atoms with van der Waals surface area (Å²) >= 11 is 17.8. The van der Waals surface area contributed by atoms with Crippen molar-refractivity contribution < 1.29 is 0 Å². The van der Waals surface area contributed by atoms with Gasteiger partial charge < -0.3 is 10.6 Å². The van der Waals surface area contributed by atoms with Crippen molar-refractivity contribution in [3.8, 4) is 0 Å². The molecule has 26 heavy (non-hydrogen) atoms. The molecule has 0 unspecified atom stereocenters. The Morgan fingerprint density at radius 1 is 1.08 bits per heavy atom. The zero-order valence-corrected chi connectivity index (χ0v) is 16.7. The molecule has 0 bridgehead atoms. The lowest BCUT2D eigenvalue weighted by Gasteiger charge is -2.12. The number of aryl methyl sites for hydroxylation is 2. The summed E-state index contributed by atoms with van der Waals surface area (Å²) in [4.78, 5) is 0. The molecule has 3 rings (SSSR count). The molecule has 2 N–H and O–H groups in total. The molecule has 0 amide bonds. The molecule has 0 radical (unpaired) electrons. The summed E-state index contributed by atoms with van der Waals surface area (Å²) in [6, 6.07) is 13.5. The van der Waals surface area contributed by atoms with Crippen molar-refractivity contribution in [2.24, 2.45) is 0 Å². The van der Waals surface area contributed by atoms with Gasteiger partial charge in [-0.2, -0.15) is 5.10 Å². The summed E-state index contributed by atoms with van der Waals surface area (Å²) < 4.78 is 1.76. The molecule has 3 aromatic rings. The molecule has 0 fully saturated rings. The second kappa shape index (κ2) is 8.08. The maximum absolute atomic E-state index is 6.22. The summed E-state index contributed by atoms with van der Waals surface area (Å²) in [5.41, 5.74) is 4.10. The maximum Gasteiger partial charge on any atom is 0.176 e. The molecule has 1 heterocycles. The third-order valence-corrected chi connectivity index (χ3v) is 4.82. The van der Waals surface area contributed by atoms with Crippen molar-refractivity contribution in [2.75, 3.05) is 10.6 Å². The van der Waals surface area contributed by atoms with Crippen LogP contribution in [0.25, 0.3) is 0 Å². The second-order valence-corrected chi connectivity index (χ2v) is 7.22. The van der Waals surface area contributed by atoms with E-state index in [-0.39, 0.29) is 0 Å². The lowest BCUT2D eigenvalue weighted by atomic mass is 10.1. The lowest BCUT2D eigenvalue weighted by molar-refractivity contribution is 0.690. The molecule has 2 aromatic carbocycles. The summed E-state index contributed by atoms with van der Waals surface area (Å²) in [6.07, 6.45) is 1.85. The molecule has 0 aliphatic rings. The van der Waals surface area contributed by atoms with Gasteiger partial charge in [0.15, 0.2) is 10.9 Å². The third kappa shape index (κ3) is 4.55. The highest BCUT2D eigenvalue weighted by Crippen LogP contribution is 2.25. The van der Waals surface area contributed by atoms with Crippen molar-refractivity contribution in [2.45, 2.75) is 20.4 Å². The van der Waals surface area contributed by atoms with Gasteiger partial charge in [0.2, 0.25) is 0 Å². The monoisotopic (exact) mass is 404 g/mol. The van der Waals surface area contributed by atoms with E-state index in [0.717, 1.165) is 16.8 Å². The quantitative estimate of drug-likeness (QED) is 0.550. The predicted molar refractivity (Wildman–Crippen MR) is 114 cm³/mol. The fraction of sp³-hybridized carbons (Fsp3) is 0.158. The molecular weight excluding hydrogens is 387 g/mol. The van der Waals surface area contributed by atoms with Gasteiger partial charge in [0, 0.05) is 33.6 Å². The molecule has 0 saturated heterocycles. The Morgan fingerprint density at radius 2 is 1.81 bits per heavy atom. The molecule has 7 heteroatoms. The number of hydrogen-bond acceptors (Lipinski definition) is 2. The van der Waals surface area contributed by atoms with Gasteiger partial charge >= 0.3 is 0 Å². The molecule has 134 valence electrons. The zero-order chi connectivity index (χ0) is 18.7. The van der Waals surface area contributed by atoms with Crippen molar-refractivity contribution in [1.29, 1.82) is 0 Å². The van der Waals surface area contributed by atoms with E-state index in [2.05, 4.69) is 33.9 Å². The summed E-state index contributed by atoms with van der Waals surface area (Å²) in [7, 11) is 0. The van der Waals surface area contributed by atoms with Crippen LogP contribution in [-0.2, 0) is 6.54 Å². The van der Waals surface area contributed by atoms with Crippen LogP contribution >= 0.6 is 35.4 Å². The first kappa shape index (κ1) is 18.7. The number of rotatable bonds is 4. The summed E-state index contributed by atoms with van der Waals surface area (Å²) in [6.45, 7) is 4.56. The van der Waals surface area contributed by atoms with Gasteiger partial charge in [0.25, 0.3) is 0 Å². The average molecular weight is 405 g/mol. The second-order valence-electron chi connectivity index (χ2n) is 6.00. The van der Waals surface area contributed by atoms with E-state index in [4.69, 9.17) is 35.4 Å². The van der Waals surface area contributed by atoms with Crippen LogP contribution in [0.2, 0.25) is 10.0 Å². The van der Waals surface area contributed by atoms with E-state index in [9.17, 15) is 0 Å². The number of thiocarbonyl (C=S) groups is 1. The van der Waals surface area contributed by atoms with Crippen LogP contribution in [0.15, 0.2) is 48.7 Å². The highest BCUT2D eigenvalue weighted by atomic mass is 35.5.